The van der Waals surface area contributed by atoms with Crippen LogP contribution in [-0.2, 0) is 21.2 Å². The summed E-state index contributed by atoms with van der Waals surface area (Å²) in [6, 6.07) is 19.9. The van der Waals surface area contributed by atoms with Crippen LogP contribution in [0.5, 0.6) is 11.5 Å². The van der Waals surface area contributed by atoms with E-state index in [9.17, 15) is 13.2 Å². The lowest BCUT2D eigenvalue weighted by atomic mass is 10.1. The Morgan fingerprint density at radius 1 is 1.03 bits per heavy atom. The van der Waals surface area contributed by atoms with Gasteiger partial charge in [0.1, 0.15) is 18.1 Å². The SMILES string of the molecule is CCCc1ccc(OCCNC(=O)C2CN(S(=O)(=O)c3ccc(C)cc3)c3ccc(C)cc3O2)cc1. The van der Waals surface area contributed by atoms with Gasteiger partial charge in [0.05, 0.1) is 23.7 Å². The smallest absolute Gasteiger partial charge is 0.264 e. The minimum atomic E-state index is -3.89. The van der Waals surface area contributed by atoms with E-state index in [2.05, 4.69) is 12.2 Å². The van der Waals surface area contributed by atoms with Gasteiger partial charge in [-0.1, -0.05) is 49.2 Å². The lowest BCUT2D eigenvalue weighted by molar-refractivity contribution is -0.127. The van der Waals surface area contributed by atoms with Gasteiger partial charge in [-0.25, -0.2) is 8.42 Å². The predicted molar refractivity (Wildman–Crippen MR) is 140 cm³/mol. The van der Waals surface area contributed by atoms with Crippen LogP contribution in [0.3, 0.4) is 0 Å². The average Bonchev–Trinajstić information content (AvgIpc) is 2.87. The molecule has 1 aliphatic heterocycles. The lowest BCUT2D eigenvalue weighted by Crippen LogP contribution is -2.51. The van der Waals surface area contributed by atoms with Crippen LogP contribution in [0.25, 0.3) is 0 Å². The summed E-state index contributed by atoms with van der Waals surface area (Å²) < 4.78 is 40.0. The van der Waals surface area contributed by atoms with Gasteiger partial charge >= 0.3 is 0 Å². The van der Waals surface area contributed by atoms with E-state index in [4.69, 9.17) is 9.47 Å². The molecule has 1 amide bonds. The van der Waals surface area contributed by atoms with Crippen molar-refractivity contribution >= 4 is 21.6 Å². The molecule has 1 atom stereocenters. The molecule has 0 aromatic heterocycles. The monoisotopic (exact) mass is 508 g/mol. The molecule has 4 rings (SSSR count). The van der Waals surface area contributed by atoms with E-state index >= 15 is 0 Å². The fourth-order valence-electron chi connectivity index (χ4n) is 4.06. The molecule has 190 valence electrons. The molecule has 3 aromatic carbocycles. The van der Waals surface area contributed by atoms with Crippen LogP contribution in [0, 0.1) is 13.8 Å². The maximum Gasteiger partial charge on any atom is 0.264 e. The Labute approximate surface area is 213 Å². The molecule has 0 aliphatic carbocycles. The highest BCUT2D eigenvalue weighted by Crippen LogP contribution is 2.37. The number of hydrogen-bond acceptors (Lipinski definition) is 5. The summed E-state index contributed by atoms with van der Waals surface area (Å²) in [4.78, 5) is 13.1. The van der Waals surface area contributed by atoms with Gasteiger partial charge in [0.25, 0.3) is 15.9 Å². The second kappa shape index (κ2) is 11.0. The number of ether oxygens (including phenoxy) is 2. The molecule has 1 heterocycles. The van der Waals surface area contributed by atoms with Crippen molar-refractivity contribution in [1.82, 2.24) is 5.32 Å². The first kappa shape index (κ1) is 25.6. The zero-order chi connectivity index (χ0) is 25.7. The van der Waals surface area contributed by atoms with E-state index in [1.807, 2.05) is 44.2 Å². The van der Waals surface area contributed by atoms with E-state index in [1.54, 1.807) is 36.4 Å². The van der Waals surface area contributed by atoms with Gasteiger partial charge in [-0.15, -0.1) is 0 Å². The van der Waals surface area contributed by atoms with Crippen molar-refractivity contribution in [3.8, 4) is 11.5 Å². The molecule has 0 spiro atoms. The molecule has 36 heavy (non-hydrogen) atoms. The summed E-state index contributed by atoms with van der Waals surface area (Å²) in [5.41, 5.74) is 3.54. The van der Waals surface area contributed by atoms with Crippen molar-refractivity contribution in [2.45, 2.75) is 44.6 Å². The minimum absolute atomic E-state index is 0.127. The fourth-order valence-corrected chi connectivity index (χ4v) is 5.54. The van der Waals surface area contributed by atoms with Crippen molar-refractivity contribution in [3.63, 3.8) is 0 Å². The number of anilines is 1. The third kappa shape index (κ3) is 5.82. The predicted octanol–water partition coefficient (Wildman–Crippen LogP) is 4.41. The number of carbonyl (C=O) groups excluding carboxylic acids is 1. The summed E-state index contributed by atoms with van der Waals surface area (Å²) in [6.45, 7) is 6.35. The third-order valence-corrected chi connectivity index (χ3v) is 7.81. The molecule has 0 saturated heterocycles. The van der Waals surface area contributed by atoms with E-state index in [0.29, 0.717) is 11.4 Å². The number of rotatable bonds is 9. The Kier molecular flexibility index (Phi) is 7.84. The van der Waals surface area contributed by atoms with E-state index in [1.165, 1.54) is 9.87 Å². The first-order valence-corrected chi connectivity index (χ1v) is 13.6. The Morgan fingerprint density at radius 3 is 2.42 bits per heavy atom. The Morgan fingerprint density at radius 2 is 1.72 bits per heavy atom. The minimum Gasteiger partial charge on any atom is -0.492 e. The Hall–Kier alpha value is -3.52. The molecule has 0 fully saturated rings. The van der Waals surface area contributed by atoms with Crippen LogP contribution >= 0.6 is 0 Å². The van der Waals surface area contributed by atoms with E-state index in [0.717, 1.165) is 29.7 Å². The van der Waals surface area contributed by atoms with Gasteiger partial charge in [0.15, 0.2) is 6.10 Å². The Bertz CT molecular complexity index is 1300. The summed E-state index contributed by atoms with van der Waals surface area (Å²) in [7, 11) is -3.89. The van der Waals surface area contributed by atoms with Gasteiger partial charge in [-0.05, 0) is 67.8 Å². The summed E-state index contributed by atoms with van der Waals surface area (Å²) in [6.07, 6.45) is 1.12. The van der Waals surface area contributed by atoms with E-state index in [-0.39, 0.29) is 24.6 Å². The van der Waals surface area contributed by atoms with Crippen LogP contribution < -0.4 is 19.1 Å². The van der Waals surface area contributed by atoms with Crippen molar-refractivity contribution in [1.29, 1.82) is 0 Å². The third-order valence-electron chi connectivity index (χ3n) is 6.02. The highest BCUT2D eigenvalue weighted by molar-refractivity contribution is 7.92. The van der Waals surface area contributed by atoms with Crippen LogP contribution in [0.4, 0.5) is 5.69 Å². The van der Waals surface area contributed by atoms with Gasteiger partial charge in [0, 0.05) is 0 Å². The first-order chi connectivity index (χ1) is 17.3. The molecule has 7 nitrogen and oxygen atoms in total. The number of carbonyl (C=O) groups is 1. The number of fused-ring (bicyclic) bond motifs is 1. The largest absolute Gasteiger partial charge is 0.492 e. The number of nitrogens with zero attached hydrogens (tertiary/aromatic N) is 1. The molecule has 1 aliphatic rings. The number of hydrogen-bond donors (Lipinski definition) is 1. The molecule has 1 unspecified atom stereocenters. The second-order valence-electron chi connectivity index (χ2n) is 8.96. The lowest BCUT2D eigenvalue weighted by Gasteiger charge is -2.35. The zero-order valence-corrected chi connectivity index (χ0v) is 21.7. The van der Waals surface area contributed by atoms with Gasteiger partial charge < -0.3 is 14.8 Å². The molecule has 0 radical (unpaired) electrons. The molecular weight excluding hydrogens is 476 g/mol. The van der Waals surface area contributed by atoms with Crippen LogP contribution in [0.15, 0.2) is 71.6 Å². The van der Waals surface area contributed by atoms with Crippen LogP contribution in [0.2, 0.25) is 0 Å². The zero-order valence-electron chi connectivity index (χ0n) is 20.9. The molecular formula is C28H32N2O5S. The average molecular weight is 509 g/mol. The van der Waals surface area contributed by atoms with Gasteiger partial charge in [-0.2, -0.15) is 0 Å². The van der Waals surface area contributed by atoms with Gasteiger partial charge in [-0.3, -0.25) is 9.10 Å². The van der Waals surface area contributed by atoms with Crippen molar-refractivity contribution < 1.29 is 22.7 Å². The number of benzene rings is 3. The second-order valence-corrected chi connectivity index (χ2v) is 10.8. The Balaban J connectivity index is 1.44. The number of amides is 1. The highest BCUT2D eigenvalue weighted by Gasteiger charge is 2.37. The first-order valence-electron chi connectivity index (χ1n) is 12.1. The van der Waals surface area contributed by atoms with Crippen molar-refractivity contribution in [3.05, 3.63) is 83.4 Å². The van der Waals surface area contributed by atoms with Gasteiger partial charge in [0.2, 0.25) is 0 Å². The highest BCUT2D eigenvalue weighted by atomic mass is 32.2. The number of sulfonamides is 1. The normalized spacial score (nSPS) is 15.1. The molecule has 0 bridgehead atoms. The van der Waals surface area contributed by atoms with Crippen molar-refractivity contribution in [2.75, 3.05) is 24.0 Å². The number of nitrogens with one attached hydrogen (secondary N) is 1. The number of aryl methyl sites for hydroxylation is 3. The maximum absolute atomic E-state index is 13.5. The maximum atomic E-state index is 13.5. The topological polar surface area (TPSA) is 84.9 Å². The van der Waals surface area contributed by atoms with Crippen molar-refractivity contribution in [2.24, 2.45) is 0 Å². The van der Waals surface area contributed by atoms with Crippen LogP contribution in [-0.4, -0.2) is 40.1 Å². The summed E-state index contributed by atoms with van der Waals surface area (Å²) in [5.74, 6) is 0.700. The molecule has 1 N–H and O–H groups in total. The van der Waals surface area contributed by atoms with Crippen LogP contribution in [0.1, 0.15) is 30.0 Å². The molecule has 3 aromatic rings. The summed E-state index contributed by atoms with van der Waals surface area (Å²) >= 11 is 0. The van der Waals surface area contributed by atoms with E-state index < -0.39 is 22.0 Å². The standard InChI is InChI=1S/C28H32N2O5S/c1-4-5-22-9-11-23(12-10-22)34-17-16-29-28(31)27-19-30(25-15-8-21(3)18-26(25)35-27)36(32,33)24-13-6-20(2)7-14-24/h6-15,18,27H,4-5,16-17,19H2,1-3H3,(H,29,31). The molecule has 0 saturated carbocycles. The fraction of sp³-hybridized carbons (Fsp3) is 0.321. The summed E-state index contributed by atoms with van der Waals surface area (Å²) in [5, 5.41) is 2.81. The quantitative estimate of drug-likeness (QED) is 0.433. The molecule has 8 heteroatoms.